The Balaban J connectivity index is 1.14. The first-order chi connectivity index (χ1) is 18.4. The van der Waals surface area contributed by atoms with Crippen molar-refractivity contribution in [2.75, 3.05) is 31.6 Å². The van der Waals surface area contributed by atoms with Gasteiger partial charge < -0.3 is 20.2 Å². The minimum Gasteiger partial charge on any atom is -0.371 e. The van der Waals surface area contributed by atoms with Crippen molar-refractivity contribution in [3.05, 3.63) is 64.7 Å². The second kappa shape index (κ2) is 10.3. The molecule has 2 aromatic carbocycles. The van der Waals surface area contributed by atoms with E-state index in [1.165, 1.54) is 25.2 Å². The normalized spacial score (nSPS) is 21.8. The summed E-state index contributed by atoms with van der Waals surface area (Å²) in [5.74, 6) is -1.19. The second-order valence-electron chi connectivity index (χ2n) is 11.3. The van der Waals surface area contributed by atoms with E-state index in [1.54, 1.807) is 6.07 Å². The van der Waals surface area contributed by atoms with Gasteiger partial charge in [-0.3, -0.25) is 9.59 Å². The third-order valence-electron chi connectivity index (χ3n) is 8.66. The number of likely N-dealkylation sites (N-methyl/N-ethyl adjacent to an activating group) is 1. The van der Waals surface area contributed by atoms with E-state index in [2.05, 4.69) is 10.2 Å². The van der Waals surface area contributed by atoms with Crippen molar-refractivity contribution >= 4 is 29.1 Å². The summed E-state index contributed by atoms with van der Waals surface area (Å²) < 4.78 is 41.6. The summed E-state index contributed by atoms with van der Waals surface area (Å²) in [6.07, 6.45) is 0.311. The molecule has 210 valence electrons. The van der Waals surface area contributed by atoms with Gasteiger partial charge in [-0.25, -0.2) is 0 Å². The second-order valence-corrected chi connectivity index (χ2v) is 11.7. The van der Waals surface area contributed by atoms with Crippen molar-refractivity contribution in [3.63, 3.8) is 0 Å². The molecule has 2 saturated carbocycles. The Morgan fingerprint density at radius 2 is 1.79 bits per heavy atom. The summed E-state index contributed by atoms with van der Waals surface area (Å²) >= 11 is 6.43. The zero-order valence-electron chi connectivity index (χ0n) is 21.8. The van der Waals surface area contributed by atoms with Crippen molar-refractivity contribution in [2.45, 2.75) is 56.3 Å². The van der Waals surface area contributed by atoms with E-state index in [1.807, 2.05) is 12.1 Å². The molecule has 1 spiro atoms. The molecule has 39 heavy (non-hydrogen) atoms. The van der Waals surface area contributed by atoms with Gasteiger partial charge in [0.2, 0.25) is 0 Å². The number of amides is 2. The molecule has 2 aliphatic carbocycles. The van der Waals surface area contributed by atoms with Crippen molar-refractivity contribution in [3.8, 4) is 0 Å². The molecular weight excluding hydrogens is 531 g/mol. The van der Waals surface area contributed by atoms with Gasteiger partial charge in [-0.15, -0.1) is 0 Å². The topological polar surface area (TPSA) is 72.9 Å². The summed E-state index contributed by atoms with van der Waals surface area (Å²) in [6.45, 7) is 1.77. The van der Waals surface area contributed by atoms with Crippen LogP contribution in [0.25, 0.3) is 0 Å². The zero-order chi connectivity index (χ0) is 28.0. The maximum atomic E-state index is 13.9. The van der Waals surface area contributed by atoms with Gasteiger partial charge in [0, 0.05) is 44.0 Å². The van der Waals surface area contributed by atoms with Gasteiger partial charge in [-0.05, 0) is 68.1 Å². The fourth-order valence-electron chi connectivity index (χ4n) is 5.85. The highest BCUT2D eigenvalue weighted by atomic mass is 35.5. The molecule has 1 heterocycles. The number of hydrogen-bond acceptors (Lipinski definition) is 4. The predicted octanol–water partition coefficient (Wildman–Crippen LogP) is 5.14. The van der Waals surface area contributed by atoms with Crippen LogP contribution in [0.2, 0.25) is 5.02 Å². The highest BCUT2D eigenvalue weighted by molar-refractivity contribution is 6.34. The molecule has 6 nitrogen and oxygen atoms in total. The van der Waals surface area contributed by atoms with E-state index in [-0.39, 0.29) is 23.9 Å². The molecule has 10 heteroatoms. The van der Waals surface area contributed by atoms with Crippen LogP contribution in [-0.2, 0) is 10.4 Å². The summed E-state index contributed by atoms with van der Waals surface area (Å²) in [6, 6.07) is 12.3. The zero-order valence-corrected chi connectivity index (χ0v) is 22.6. The Bertz CT molecular complexity index is 1230. The lowest BCUT2D eigenvalue weighted by molar-refractivity contribution is -0.261. The average Bonchev–Trinajstić information content (AvgIpc) is 3.84. The van der Waals surface area contributed by atoms with Crippen molar-refractivity contribution in [1.82, 2.24) is 10.2 Å². The molecule has 2 atom stereocenters. The minimum absolute atomic E-state index is 0.133. The molecular formula is C29H33ClF3N3O3. The maximum Gasteiger partial charge on any atom is 0.430 e. The van der Waals surface area contributed by atoms with Gasteiger partial charge in [0.25, 0.3) is 17.4 Å². The number of aliphatic hydroxyl groups is 1. The van der Waals surface area contributed by atoms with Crippen LogP contribution in [0.15, 0.2) is 48.5 Å². The summed E-state index contributed by atoms with van der Waals surface area (Å²) in [7, 11) is 1.32. The summed E-state index contributed by atoms with van der Waals surface area (Å²) in [5, 5.41) is 14.0. The van der Waals surface area contributed by atoms with Crippen molar-refractivity contribution < 1.29 is 27.9 Å². The van der Waals surface area contributed by atoms with Crippen LogP contribution in [0.1, 0.15) is 54.4 Å². The Morgan fingerprint density at radius 1 is 1.13 bits per heavy atom. The van der Waals surface area contributed by atoms with E-state index < -0.39 is 23.2 Å². The fourth-order valence-corrected chi connectivity index (χ4v) is 6.11. The number of anilines is 1. The SMILES string of the molecule is CN(CC[C@@H]1CC12CCN(c1ccc(C(=O)NC3CC3)c(Cl)c1)CC2)C(=O)C(O)(c1ccccc1)C(F)(F)F. The van der Waals surface area contributed by atoms with Gasteiger partial charge in [0.05, 0.1) is 10.6 Å². The fraction of sp³-hybridized carbons (Fsp3) is 0.517. The predicted molar refractivity (Wildman–Crippen MR) is 143 cm³/mol. The molecule has 2 N–H and O–H groups in total. The van der Waals surface area contributed by atoms with Gasteiger partial charge in [-0.2, -0.15) is 13.2 Å². The monoisotopic (exact) mass is 563 g/mol. The lowest BCUT2D eigenvalue weighted by Crippen LogP contribution is -2.55. The molecule has 5 rings (SSSR count). The molecule has 0 radical (unpaired) electrons. The molecule has 3 aliphatic rings. The first-order valence-electron chi connectivity index (χ1n) is 13.4. The molecule has 0 aromatic heterocycles. The van der Waals surface area contributed by atoms with Crippen LogP contribution in [-0.4, -0.2) is 60.7 Å². The summed E-state index contributed by atoms with van der Waals surface area (Å²) in [4.78, 5) is 28.5. The number of halogens is 4. The van der Waals surface area contributed by atoms with Gasteiger partial charge >= 0.3 is 6.18 Å². The number of rotatable bonds is 8. The van der Waals surface area contributed by atoms with E-state index in [4.69, 9.17) is 11.6 Å². The highest BCUT2D eigenvalue weighted by Gasteiger charge is 2.62. The number of hydrogen-bond donors (Lipinski definition) is 2. The molecule has 0 bridgehead atoms. The van der Waals surface area contributed by atoms with Crippen LogP contribution in [0, 0.1) is 11.3 Å². The van der Waals surface area contributed by atoms with Crippen LogP contribution in [0.4, 0.5) is 18.9 Å². The Hall–Kier alpha value is -2.78. The van der Waals surface area contributed by atoms with Crippen LogP contribution in [0.5, 0.6) is 0 Å². The Labute approximate surface area is 231 Å². The quantitative estimate of drug-likeness (QED) is 0.467. The first-order valence-corrected chi connectivity index (χ1v) is 13.8. The largest absolute Gasteiger partial charge is 0.430 e. The smallest absolute Gasteiger partial charge is 0.371 e. The number of alkyl halides is 3. The summed E-state index contributed by atoms with van der Waals surface area (Å²) in [5.41, 5.74) is -2.49. The van der Waals surface area contributed by atoms with Crippen molar-refractivity contribution in [2.24, 2.45) is 11.3 Å². The van der Waals surface area contributed by atoms with E-state index in [0.717, 1.165) is 67.9 Å². The van der Waals surface area contributed by atoms with Crippen LogP contribution < -0.4 is 10.2 Å². The number of carbonyl (C=O) groups is 2. The van der Waals surface area contributed by atoms with Gasteiger partial charge in [0.1, 0.15) is 0 Å². The lowest BCUT2D eigenvalue weighted by Gasteiger charge is -2.35. The Kier molecular flexibility index (Phi) is 7.35. The third-order valence-corrected chi connectivity index (χ3v) is 8.98. The standard InChI is InChI=1S/C29H33ClF3N3O3/c1-35(26(38)28(39,29(31,32)33)19-5-3-2-4-6-19)14-11-20-18-27(20)12-15-36(16-13-27)22-9-10-23(24(30)17-22)25(37)34-21-7-8-21/h2-6,9-10,17,20-21,39H,7-8,11-16,18H2,1H3,(H,34,37)/t20-,28?/m1/s1. The molecule has 1 saturated heterocycles. The van der Waals surface area contributed by atoms with E-state index in [9.17, 15) is 27.9 Å². The number of nitrogens with one attached hydrogen (secondary N) is 1. The molecule has 3 fully saturated rings. The number of piperidine rings is 1. The molecule has 1 aliphatic heterocycles. The number of nitrogens with zero attached hydrogens (tertiary/aromatic N) is 2. The lowest BCUT2D eigenvalue weighted by atomic mass is 9.89. The Morgan fingerprint density at radius 3 is 2.38 bits per heavy atom. The highest BCUT2D eigenvalue weighted by Crippen LogP contribution is 2.61. The third kappa shape index (κ3) is 5.48. The molecule has 2 amide bonds. The van der Waals surface area contributed by atoms with Gasteiger partial charge in [0.15, 0.2) is 0 Å². The van der Waals surface area contributed by atoms with Crippen LogP contribution in [0.3, 0.4) is 0 Å². The van der Waals surface area contributed by atoms with Gasteiger partial charge in [-0.1, -0.05) is 41.9 Å². The maximum absolute atomic E-state index is 13.9. The minimum atomic E-state index is -5.14. The molecule has 2 aromatic rings. The van der Waals surface area contributed by atoms with E-state index >= 15 is 0 Å². The number of carbonyl (C=O) groups excluding carboxylic acids is 2. The van der Waals surface area contributed by atoms with Crippen molar-refractivity contribution in [1.29, 1.82) is 0 Å². The van der Waals surface area contributed by atoms with E-state index in [0.29, 0.717) is 22.9 Å². The number of benzene rings is 2. The average molecular weight is 564 g/mol. The first kappa shape index (κ1) is 27.8. The van der Waals surface area contributed by atoms with Crippen LogP contribution >= 0.6 is 11.6 Å². The molecule has 1 unspecified atom stereocenters.